The Bertz CT molecular complexity index is 2090. The van der Waals surface area contributed by atoms with Gasteiger partial charge in [0.2, 0.25) is 0 Å². The Morgan fingerprint density at radius 1 is 0.667 bits per heavy atom. The molecule has 42 heavy (non-hydrogen) atoms. The molecule has 0 spiro atoms. The quantitative estimate of drug-likeness (QED) is 0.210. The standard InChI is InChI=1S/C36H29N3O3/c40-36-33-28(19-38(36)22-41-20-24-11-3-1-4-12-24)31-27-16-8-10-18-30(27)39(23-42-21-25-13-5-2-6-14-25)35(31)34-32(33)26-15-7-9-17-29(26)37-34/h1-18,37H,19-23H2. The molecule has 0 bridgehead atoms. The molecule has 0 saturated heterocycles. The highest BCUT2D eigenvalue weighted by molar-refractivity contribution is 6.30. The van der Waals surface area contributed by atoms with Crippen molar-refractivity contribution < 1.29 is 14.3 Å². The van der Waals surface area contributed by atoms with Gasteiger partial charge in [0.15, 0.2) is 0 Å². The molecule has 206 valence electrons. The Labute approximate surface area is 242 Å². The first-order valence-electron chi connectivity index (χ1n) is 14.3. The third kappa shape index (κ3) is 3.99. The number of ether oxygens (including phenoxy) is 2. The van der Waals surface area contributed by atoms with E-state index in [9.17, 15) is 4.79 Å². The van der Waals surface area contributed by atoms with Crippen molar-refractivity contribution in [1.82, 2.24) is 14.5 Å². The Hall–Kier alpha value is -4.91. The lowest BCUT2D eigenvalue weighted by Gasteiger charge is -2.15. The van der Waals surface area contributed by atoms with Gasteiger partial charge >= 0.3 is 0 Å². The van der Waals surface area contributed by atoms with Crippen LogP contribution in [-0.4, -0.2) is 27.1 Å². The van der Waals surface area contributed by atoms with Crippen LogP contribution < -0.4 is 0 Å². The van der Waals surface area contributed by atoms with E-state index in [0.717, 1.165) is 65.9 Å². The molecule has 1 aliphatic rings. The van der Waals surface area contributed by atoms with E-state index >= 15 is 0 Å². The zero-order valence-electron chi connectivity index (χ0n) is 23.0. The second-order valence-corrected chi connectivity index (χ2v) is 10.9. The van der Waals surface area contributed by atoms with Gasteiger partial charge in [0.1, 0.15) is 13.5 Å². The maximum Gasteiger partial charge on any atom is 0.257 e. The number of para-hydroxylation sites is 2. The van der Waals surface area contributed by atoms with Crippen LogP contribution in [0.15, 0.2) is 109 Å². The summed E-state index contributed by atoms with van der Waals surface area (Å²) in [6.07, 6.45) is 0. The van der Waals surface area contributed by atoms with Crippen molar-refractivity contribution in [1.29, 1.82) is 0 Å². The predicted molar refractivity (Wildman–Crippen MR) is 166 cm³/mol. The summed E-state index contributed by atoms with van der Waals surface area (Å²) in [5.41, 5.74) is 8.16. The highest BCUT2D eigenvalue weighted by Gasteiger charge is 2.35. The lowest BCUT2D eigenvalue weighted by atomic mass is 9.97. The van der Waals surface area contributed by atoms with E-state index in [1.165, 1.54) is 0 Å². The van der Waals surface area contributed by atoms with Crippen molar-refractivity contribution in [2.45, 2.75) is 26.5 Å². The van der Waals surface area contributed by atoms with Crippen molar-refractivity contribution in [3.05, 3.63) is 131 Å². The van der Waals surface area contributed by atoms with Crippen LogP contribution in [0.25, 0.3) is 43.6 Å². The van der Waals surface area contributed by atoms with Crippen molar-refractivity contribution in [2.24, 2.45) is 0 Å². The first-order chi connectivity index (χ1) is 20.8. The molecule has 0 atom stereocenters. The van der Waals surface area contributed by atoms with Gasteiger partial charge in [0.05, 0.1) is 35.3 Å². The Morgan fingerprint density at radius 2 is 1.29 bits per heavy atom. The summed E-state index contributed by atoms with van der Waals surface area (Å²) >= 11 is 0. The van der Waals surface area contributed by atoms with Gasteiger partial charge in [-0.3, -0.25) is 4.79 Å². The van der Waals surface area contributed by atoms with Crippen LogP contribution in [0, 0.1) is 0 Å². The Balaban J connectivity index is 1.27. The number of rotatable bonds is 8. The first-order valence-corrected chi connectivity index (χ1v) is 14.3. The number of hydrogen-bond donors (Lipinski definition) is 1. The summed E-state index contributed by atoms with van der Waals surface area (Å²) in [5.74, 6) is 0.00636. The number of aromatic amines is 1. The second kappa shape index (κ2) is 10.2. The number of hydrogen-bond acceptors (Lipinski definition) is 3. The normalized spacial score (nSPS) is 13.2. The van der Waals surface area contributed by atoms with Crippen molar-refractivity contribution in [3.8, 4) is 0 Å². The number of carbonyl (C=O) groups excluding carboxylic acids is 1. The third-order valence-electron chi connectivity index (χ3n) is 8.31. The lowest BCUT2D eigenvalue weighted by molar-refractivity contribution is 0.0189. The van der Waals surface area contributed by atoms with Crippen LogP contribution in [0.5, 0.6) is 0 Å². The number of aromatic nitrogens is 2. The topological polar surface area (TPSA) is 59.5 Å². The van der Waals surface area contributed by atoms with Crippen molar-refractivity contribution in [2.75, 3.05) is 6.73 Å². The average molecular weight is 552 g/mol. The Morgan fingerprint density at radius 3 is 2.02 bits per heavy atom. The summed E-state index contributed by atoms with van der Waals surface area (Å²) in [7, 11) is 0. The number of amides is 1. The maximum atomic E-state index is 14.1. The fraction of sp³-hybridized carbons (Fsp3) is 0.139. The van der Waals surface area contributed by atoms with Crippen LogP contribution in [0.2, 0.25) is 0 Å². The molecule has 0 fully saturated rings. The van der Waals surface area contributed by atoms with E-state index < -0.39 is 0 Å². The minimum absolute atomic E-state index is 0.00636. The fourth-order valence-corrected chi connectivity index (χ4v) is 6.45. The summed E-state index contributed by atoms with van der Waals surface area (Å²) in [6, 6.07) is 36.9. The number of fused-ring (bicyclic) bond motifs is 10. The van der Waals surface area contributed by atoms with Gasteiger partial charge in [0.25, 0.3) is 5.91 Å². The molecule has 0 unspecified atom stereocenters. The number of H-pyrrole nitrogens is 1. The summed E-state index contributed by atoms with van der Waals surface area (Å²) in [6.45, 7) is 2.08. The van der Waals surface area contributed by atoms with Gasteiger partial charge in [-0.15, -0.1) is 0 Å². The van der Waals surface area contributed by atoms with E-state index in [0.29, 0.717) is 26.5 Å². The Kier molecular flexibility index (Phi) is 6.02. The number of nitrogens with one attached hydrogen (secondary N) is 1. The highest BCUT2D eigenvalue weighted by atomic mass is 16.5. The van der Waals surface area contributed by atoms with Gasteiger partial charge in [-0.25, -0.2) is 0 Å². The zero-order chi connectivity index (χ0) is 28.0. The minimum Gasteiger partial charge on any atom is -0.356 e. The monoisotopic (exact) mass is 551 g/mol. The molecule has 6 heteroatoms. The molecular formula is C36H29N3O3. The molecular weight excluding hydrogens is 522 g/mol. The molecule has 6 nitrogen and oxygen atoms in total. The van der Waals surface area contributed by atoms with Crippen LogP contribution in [0.3, 0.4) is 0 Å². The molecule has 1 N–H and O–H groups in total. The summed E-state index contributed by atoms with van der Waals surface area (Å²) < 4.78 is 14.6. The number of benzene rings is 5. The predicted octanol–water partition coefficient (Wildman–Crippen LogP) is 7.73. The molecule has 8 rings (SSSR count). The van der Waals surface area contributed by atoms with E-state index in [1.807, 2.05) is 65.6 Å². The summed E-state index contributed by atoms with van der Waals surface area (Å²) in [5, 5.41) is 4.23. The summed E-state index contributed by atoms with van der Waals surface area (Å²) in [4.78, 5) is 19.6. The zero-order valence-corrected chi connectivity index (χ0v) is 23.0. The minimum atomic E-state index is 0.00636. The van der Waals surface area contributed by atoms with E-state index in [1.54, 1.807) is 0 Å². The van der Waals surface area contributed by atoms with Gasteiger partial charge in [-0.1, -0.05) is 97.1 Å². The third-order valence-corrected chi connectivity index (χ3v) is 8.31. The van der Waals surface area contributed by atoms with Gasteiger partial charge < -0.3 is 23.9 Å². The molecule has 0 saturated carbocycles. The van der Waals surface area contributed by atoms with Crippen LogP contribution in [-0.2, 0) is 36.0 Å². The number of carbonyl (C=O) groups is 1. The van der Waals surface area contributed by atoms with Crippen LogP contribution >= 0.6 is 0 Å². The van der Waals surface area contributed by atoms with Crippen molar-refractivity contribution >= 4 is 49.5 Å². The molecule has 1 aliphatic heterocycles. The average Bonchev–Trinajstić information content (AvgIpc) is 3.68. The molecule has 1 amide bonds. The van der Waals surface area contributed by atoms with Gasteiger partial charge in [-0.2, -0.15) is 0 Å². The smallest absolute Gasteiger partial charge is 0.257 e. The largest absolute Gasteiger partial charge is 0.356 e. The fourth-order valence-electron chi connectivity index (χ4n) is 6.45. The molecule has 2 aromatic heterocycles. The lowest BCUT2D eigenvalue weighted by Crippen LogP contribution is -2.26. The molecule has 5 aromatic carbocycles. The second-order valence-electron chi connectivity index (χ2n) is 10.9. The molecule has 3 heterocycles. The molecule has 7 aromatic rings. The maximum absolute atomic E-state index is 14.1. The van der Waals surface area contributed by atoms with Crippen molar-refractivity contribution in [3.63, 3.8) is 0 Å². The molecule has 0 aliphatic carbocycles. The highest BCUT2D eigenvalue weighted by Crippen LogP contribution is 2.45. The van der Waals surface area contributed by atoms with Gasteiger partial charge in [-0.05, 0) is 28.8 Å². The van der Waals surface area contributed by atoms with E-state index in [4.69, 9.17) is 9.47 Å². The number of nitrogens with zero attached hydrogens (tertiary/aromatic N) is 2. The van der Waals surface area contributed by atoms with Gasteiger partial charge in [0, 0.05) is 33.6 Å². The first kappa shape index (κ1) is 24.9. The van der Waals surface area contributed by atoms with E-state index in [2.05, 4.69) is 58.1 Å². The van der Waals surface area contributed by atoms with E-state index in [-0.39, 0.29) is 12.6 Å². The van der Waals surface area contributed by atoms with Crippen LogP contribution in [0.4, 0.5) is 0 Å². The van der Waals surface area contributed by atoms with Crippen LogP contribution in [0.1, 0.15) is 27.0 Å². The SMILES string of the molecule is O=C1c2c(c3c4ccccc4n(COCc4ccccc4)c3c3[nH]c4ccccc4c23)CN1COCc1ccccc1. The molecule has 0 radical (unpaired) electrons.